The SMILES string of the molecule is CCOc1ccc(/C=C(/NC(=O)c2ccccc2)C(=O)Nc2cccc(SC(CC)C(=O)Nc3cc(OC)cc(OC)c3)c2)cc1. The molecule has 46 heavy (non-hydrogen) atoms. The molecule has 3 N–H and O–H groups in total. The minimum absolute atomic E-state index is 0.0654. The Morgan fingerprint density at radius 1 is 0.761 bits per heavy atom. The van der Waals surface area contributed by atoms with Crippen LogP contribution in [0.25, 0.3) is 6.08 Å². The van der Waals surface area contributed by atoms with Crippen molar-refractivity contribution >= 4 is 46.9 Å². The van der Waals surface area contributed by atoms with Gasteiger partial charge in [-0.2, -0.15) is 0 Å². The summed E-state index contributed by atoms with van der Waals surface area (Å²) in [5.74, 6) is 0.737. The van der Waals surface area contributed by atoms with Crippen LogP contribution >= 0.6 is 11.8 Å². The lowest BCUT2D eigenvalue weighted by Gasteiger charge is -2.17. The van der Waals surface area contributed by atoms with Gasteiger partial charge in [0.2, 0.25) is 5.91 Å². The van der Waals surface area contributed by atoms with E-state index >= 15 is 0 Å². The molecule has 4 aromatic rings. The number of anilines is 2. The van der Waals surface area contributed by atoms with E-state index in [9.17, 15) is 14.4 Å². The molecule has 0 spiro atoms. The maximum absolute atomic E-state index is 13.5. The number of nitrogens with one attached hydrogen (secondary N) is 3. The van der Waals surface area contributed by atoms with Gasteiger partial charge in [-0.3, -0.25) is 14.4 Å². The molecule has 4 rings (SSSR count). The lowest BCUT2D eigenvalue weighted by molar-refractivity contribution is -0.116. The number of ether oxygens (including phenoxy) is 3. The number of rotatable bonds is 14. The van der Waals surface area contributed by atoms with Crippen molar-refractivity contribution in [3.63, 3.8) is 0 Å². The van der Waals surface area contributed by atoms with E-state index in [4.69, 9.17) is 14.2 Å². The molecule has 9 nitrogen and oxygen atoms in total. The first-order chi connectivity index (χ1) is 22.3. The smallest absolute Gasteiger partial charge is 0.272 e. The molecule has 3 amide bonds. The summed E-state index contributed by atoms with van der Waals surface area (Å²) >= 11 is 1.38. The van der Waals surface area contributed by atoms with Crippen molar-refractivity contribution in [2.45, 2.75) is 30.4 Å². The number of thioether (sulfide) groups is 1. The van der Waals surface area contributed by atoms with Crippen LogP contribution < -0.4 is 30.2 Å². The summed E-state index contributed by atoms with van der Waals surface area (Å²) in [7, 11) is 3.10. The minimum atomic E-state index is -0.503. The molecule has 0 radical (unpaired) electrons. The number of amides is 3. The fraction of sp³-hybridized carbons (Fsp3) is 0.194. The molecule has 0 aromatic heterocycles. The van der Waals surface area contributed by atoms with Gasteiger partial charge >= 0.3 is 0 Å². The topological polar surface area (TPSA) is 115 Å². The van der Waals surface area contributed by atoms with Gasteiger partial charge in [-0.15, -0.1) is 11.8 Å². The summed E-state index contributed by atoms with van der Waals surface area (Å²) < 4.78 is 16.1. The molecule has 0 heterocycles. The summed E-state index contributed by atoms with van der Waals surface area (Å²) in [5, 5.41) is 8.17. The normalized spacial score (nSPS) is 11.6. The van der Waals surface area contributed by atoms with Crippen LogP contribution in [-0.4, -0.2) is 43.8 Å². The van der Waals surface area contributed by atoms with Crippen molar-refractivity contribution in [2.75, 3.05) is 31.5 Å². The quantitative estimate of drug-likeness (QED) is 0.100. The fourth-order valence-corrected chi connectivity index (χ4v) is 5.38. The average molecular weight is 640 g/mol. The molecule has 0 saturated carbocycles. The Kier molecular flexibility index (Phi) is 12.3. The van der Waals surface area contributed by atoms with Crippen LogP contribution in [0.15, 0.2) is 108 Å². The molecule has 238 valence electrons. The number of hydrogen-bond acceptors (Lipinski definition) is 7. The number of carbonyl (C=O) groups is 3. The van der Waals surface area contributed by atoms with Crippen LogP contribution in [0.2, 0.25) is 0 Å². The molecule has 0 aliphatic heterocycles. The van der Waals surface area contributed by atoms with E-state index in [-0.39, 0.29) is 11.6 Å². The van der Waals surface area contributed by atoms with Gasteiger partial charge in [0.1, 0.15) is 22.9 Å². The van der Waals surface area contributed by atoms with E-state index in [0.717, 1.165) is 4.90 Å². The summed E-state index contributed by atoms with van der Waals surface area (Å²) in [6, 6.07) is 28.3. The first kappa shape index (κ1) is 33.7. The highest BCUT2D eigenvalue weighted by atomic mass is 32.2. The van der Waals surface area contributed by atoms with Crippen LogP contribution in [0.1, 0.15) is 36.2 Å². The predicted molar refractivity (Wildman–Crippen MR) is 183 cm³/mol. The van der Waals surface area contributed by atoms with Gasteiger partial charge < -0.3 is 30.2 Å². The molecular weight excluding hydrogens is 602 g/mol. The molecule has 10 heteroatoms. The van der Waals surface area contributed by atoms with Gasteiger partial charge in [-0.25, -0.2) is 0 Å². The Balaban J connectivity index is 1.50. The highest BCUT2D eigenvalue weighted by Crippen LogP contribution is 2.30. The Morgan fingerprint density at radius 3 is 2.09 bits per heavy atom. The average Bonchev–Trinajstić information content (AvgIpc) is 3.08. The molecule has 4 aromatic carbocycles. The van der Waals surface area contributed by atoms with Gasteiger partial charge in [0, 0.05) is 40.0 Å². The van der Waals surface area contributed by atoms with E-state index in [1.54, 1.807) is 93.1 Å². The van der Waals surface area contributed by atoms with Gasteiger partial charge in [0.05, 0.1) is 26.1 Å². The van der Waals surface area contributed by atoms with Crippen LogP contribution in [-0.2, 0) is 9.59 Å². The van der Waals surface area contributed by atoms with Crippen molar-refractivity contribution in [3.8, 4) is 17.2 Å². The Labute approximate surface area is 273 Å². The number of carbonyl (C=O) groups excluding carboxylic acids is 3. The van der Waals surface area contributed by atoms with Crippen molar-refractivity contribution in [1.29, 1.82) is 0 Å². The van der Waals surface area contributed by atoms with Gasteiger partial charge in [0.15, 0.2) is 0 Å². The standard InChI is InChI=1S/C36H37N3O6S/c1-5-33(36(42)38-27-20-29(43-3)23-30(21-27)44-4)46-31-14-10-13-26(22-31)37-35(41)32(39-34(40)25-11-8-7-9-12-25)19-24-15-17-28(18-16-24)45-6-2/h7-23,33H,5-6H2,1-4H3,(H,37,41)(H,38,42)(H,39,40)/b32-19+. The lowest BCUT2D eigenvalue weighted by atomic mass is 10.1. The second kappa shape index (κ2) is 16.7. The fourth-order valence-electron chi connectivity index (χ4n) is 4.37. The van der Waals surface area contributed by atoms with Crippen LogP contribution in [0, 0.1) is 0 Å². The molecule has 0 aliphatic carbocycles. The molecule has 1 unspecified atom stereocenters. The van der Waals surface area contributed by atoms with Crippen LogP contribution in [0.5, 0.6) is 17.2 Å². The first-order valence-corrected chi connectivity index (χ1v) is 15.6. The zero-order valence-corrected chi connectivity index (χ0v) is 27.0. The predicted octanol–water partition coefficient (Wildman–Crippen LogP) is 7.02. The molecule has 0 bridgehead atoms. The first-order valence-electron chi connectivity index (χ1n) is 14.7. The van der Waals surface area contributed by atoms with Crippen molar-refractivity contribution < 1.29 is 28.6 Å². The van der Waals surface area contributed by atoms with Gasteiger partial charge in [-0.05, 0) is 67.4 Å². The highest BCUT2D eigenvalue weighted by molar-refractivity contribution is 8.00. The lowest BCUT2D eigenvalue weighted by Crippen LogP contribution is -2.30. The number of hydrogen-bond donors (Lipinski definition) is 3. The van der Waals surface area contributed by atoms with E-state index in [0.29, 0.717) is 52.8 Å². The van der Waals surface area contributed by atoms with Crippen LogP contribution in [0.3, 0.4) is 0 Å². The number of methoxy groups -OCH3 is 2. The Morgan fingerprint density at radius 2 is 1.46 bits per heavy atom. The maximum atomic E-state index is 13.5. The molecule has 0 fully saturated rings. The summed E-state index contributed by atoms with van der Waals surface area (Å²) in [6.07, 6.45) is 2.17. The monoisotopic (exact) mass is 639 g/mol. The summed E-state index contributed by atoms with van der Waals surface area (Å²) in [4.78, 5) is 40.6. The van der Waals surface area contributed by atoms with E-state index < -0.39 is 17.1 Å². The van der Waals surface area contributed by atoms with Crippen molar-refractivity contribution in [3.05, 3.63) is 114 Å². The largest absolute Gasteiger partial charge is 0.497 e. The van der Waals surface area contributed by atoms with Gasteiger partial charge in [-0.1, -0.05) is 43.3 Å². The maximum Gasteiger partial charge on any atom is 0.272 e. The second-order valence-electron chi connectivity index (χ2n) is 9.97. The Hall–Kier alpha value is -5.22. The molecule has 1 atom stereocenters. The van der Waals surface area contributed by atoms with Crippen molar-refractivity contribution in [1.82, 2.24) is 5.32 Å². The van der Waals surface area contributed by atoms with Gasteiger partial charge in [0.25, 0.3) is 11.8 Å². The van der Waals surface area contributed by atoms with Crippen molar-refractivity contribution in [2.24, 2.45) is 0 Å². The zero-order chi connectivity index (χ0) is 32.9. The third kappa shape index (κ3) is 9.64. The van der Waals surface area contributed by atoms with E-state index in [1.165, 1.54) is 11.8 Å². The van der Waals surface area contributed by atoms with Crippen LogP contribution in [0.4, 0.5) is 11.4 Å². The highest BCUT2D eigenvalue weighted by Gasteiger charge is 2.20. The zero-order valence-electron chi connectivity index (χ0n) is 26.2. The third-order valence-electron chi connectivity index (χ3n) is 6.68. The molecule has 0 aliphatic rings. The minimum Gasteiger partial charge on any atom is -0.497 e. The third-order valence-corrected chi connectivity index (χ3v) is 8.04. The number of benzene rings is 4. The molecule has 0 saturated heterocycles. The van der Waals surface area contributed by atoms with E-state index in [2.05, 4.69) is 16.0 Å². The summed E-state index contributed by atoms with van der Waals surface area (Å²) in [6.45, 7) is 4.37. The summed E-state index contributed by atoms with van der Waals surface area (Å²) in [5.41, 5.74) is 2.26. The Bertz CT molecular complexity index is 1650. The van der Waals surface area contributed by atoms with E-state index in [1.807, 2.05) is 38.1 Å². The molecular formula is C36H37N3O6S. The second-order valence-corrected chi connectivity index (χ2v) is 11.2.